The van der Waals surface area contributed by atoms with Gasteiger partial charge in [-0.1, -0.05) is 105 Å². The molecule has 0 N–H and O–H groups in total. The Balaban J connectivity index is 2.39. The Morgan fingerprint density at radius 3 is 0.800 bits per heavy atom. The minimum Gasteiger partial charge on any atom is -0.492 e. The Hall–Kier alpha value is -3.92. The number of hydrogen-bond donors (Lipinski definition) is 0. The lowest BCUT2D eigenvalue weighted by Gasteiger charge is -2.21. The van der Waals surface area contributed by atoms with Gasteiger partial charge in [0.05, 0.1) is 28.4 Å². The number of hydrogen-bond acceptors (Lipinski definition) is 4. The maximum absolute atomic E-state index is 5.77. The molecule has 60 heavy (non-hydrogen) atoms. The van der Waals surface area contributed by atoms with Crippen molar-refractivity contribution in [2.45, 2.75) is 185 Å². The van der Waals surface area contributed by atoms with Gasteiger partial charge in [-0.15, -0.1) is 0 Å². The van der Waals surface area contributed by atoms with Crippen molar-refractivity contribution in [1.82, 2.24) is 0 Å². The molecule has 0 aliphatic carbocycles. The predicted octanol–water partition coefficient (Wildman–Crippen LogP) is 17.4. The van der Waals surface area contributed by atoms with Crippen molar-refractivity contribution in [3.05, 3.63) is 116 Å². The number of allylic oxidation sites excluding steroid dienone is 18. The summed E-state index contributed by atoms with van der Waals surface area (Å²) in [6.45, 7) is 24.6. The van der Waals surface area contributed by atoms with Crippen LogP contribution >= 0.6 is 0 Å². The van der Waals surface area contributed by atoms with E-state index in [-0.39, 0.29) is 0 Å². The summed E-state index contributed by atoms with van der Waals surface area (Å²) < 4.78 is 22.7. The minimum absolute atomic E-state index is 0.561. The highest BCUT2D eigenvalue weighted by atomic mass is 16.5. The highest BCUT2D eigenvalue weighted by Gasteiger charge is 2.24. The van der Waals surface area contributed by atoms with Crippen LogP contribution in [0.3, 0.4) is 0 Å². The van der Waals surface area contributed by atoms with Crippen LogP contribution in [-0.4, -0.2) is 28.4 Å². The first-order chi connectivity index (χ1) is 28.7. The fraction of sp³-hybridized carbons (Fsp3) is 0.571. The summed E-state index contributed by atoms with van der Waals surface area (Å²) in [6, 6.07) is 0. The first kappa shape index (κ1) is 54.1. The van der Waals surface area contributed by atoms with Crippen LogP contribution in [0.1, 0.15) is 183 Å². The highest BCUT2D eigenvalue weighted by molar-refractivity contribution is 5.67. The van der Waals surface area contributed by atoms with Gasteiger partial charge in [0.1, 0.15) is 0 Å². The molecular weight excluding hydrogens is 737 g/mol. The van der Waals surface area contributed by atoms with E-state index in [4.69, 9.17) is 18.9 Å². The zero-order valence-electron chi connectivity index (χ0n) is 41.3. The SMILES string of the molecule is COc1c(C)c(C/C=C(\C)CC/C=C(\C)CC/C=C(\C)CC/C=C(\C)CC/C=C(\C)CC/C=C(\C)CC/C=C(\C)CC/C=C(\C)CCC=C(C)C)c(OC)c(OC)c1OC. The van der Waals surface area contributed by atoms with E-state index in [1.165, 1.54) is 69.4 Å². The Kier molecular flexibility index (Phi) is 28.7. The quantitative estimate of drug-likeness (QED) is 0.0724. The zero-order valence-corrected chi connectivity index (χ0v) is 41.3. The maximum Gasteiger partial charge on any atom is 0.207 e. The van der Waals surface area contributed by atoms with E-state index in [0.717, 1.165) is 101 Å². The second-order valence-electron chi connectivity index (χ2n) is 17.4. The van der Waals surface area contributed by atoms with Gasteiger partial charge in [0.25, 0.3) is 0 Å². The van der Waals surface area contributed by atoms with Gasteiger partial charge < -0.3 is 18.9 Å². The summed E-state index contributed by atoms with van der Waals surface area (Å²) in [7, 11) is 6.58. The van der Waals surface area contributed by atoms with Gasteiger partial charge in [0, 0.05) is 11.1 Å². The first-order valence-corrected chi connectivity index (χ1v) is 22.9. The summed E-state index contributed by atoms with van der Waals surface area (Å²) in [4.78, 5) is 0. The van der Waals surface area contributed by atoms with E-state index in [9.17, 15) is 0 Å². The van der Waals surface area contributed by atoms with Crippen LogP contribution in [0.2, 0.25) is 0 Å². The van der Waals surface area contributed by atoms with Gasteiger partial charge in [-0.3, -0.25) is 0 Å². The molecule has 0 heterocycles. The van der Waals surface area contributed by atoms with E-state index in [2.05, 4.69) is 124 Å². The van der Waals surface area contributed by atoms with Crippen molar-refractivity contribution in [3.63, 3.8) is 0 Å². The summed E-state index contributed by atoms with van der Waals surface area (Å²) in [5.74, 6) is 2.51. The van der Waals surface area contributed by atoms with Crippen molar-refractivity contribution in [3.8, 4) is 23.0 Å². The third-order valence-corrected chi connectivity index (χ3v) is 11.5. The van der Waals surface area contributed by atoms with Gasteiger partial charge in [0.2, 0.25) is 11.5 Å². The normalized spacial score (nSPS) is 13.8. The topological polar surface area (TPSA) is 36.9 Å². The van der Waals surface area contributed by atoms with Crippen LogP contribution in [0, 0.1) is 6.92 Å². The molecular formula is C56H88O4. The lowest BCUT2D eigenvalue weighted by Crippen LogP contribution is -2.04. The summed E-state index contributed by atoms with van der Waals surface area (Å²) >= 11 is 0. The lowest BCUT2D eigenvalue weighted by molar-refractivity contribution is 0.302. The molecule has 1 aromatic rings. The van der Waals surface area contributed by atoms with Crippen molar-refractivity contribution < 1.29 is 18.9 Å². The standard InChI is InChI=1S/C56H88O4/c1-42(2)24-16-25-43(3)26-17-27-44(4)28-18-29-45(5)30-19-31-46(6)32-20-33-47(7)34-21-35-48(8)36-22-37-49(9)38-23-39-50(10)40-41-52-51(11)53(57-12)55(59-14)56(60-15)54(52)58-13/h24,26,28,30,32,34,36,38,40H,16-23,25,27,29,31,33,35,37,39,41H2,1-15H3/b43-26+,44-28+,45-30+,46-32+,47-34+,48-36+,49-38+,50-40+. The molecule has 0 fully saturated rings. The van der Waals surface area contributed by atoms with Gasteiger partial charge in [-0.2, -0.15) is 0 Å². The first-order valence-electron chi connectivity index (χ1n) is 22.9. The van der Waals surface area contributed by atoms with Crippen LogP contribution in [0.15, 0.2) is 105 Å². The van der Waals surface area contributed by atoms with E-state index < -0.39 is 0 Å². The number of methoxy groups -OCH3 is 4. The largest absolute Gasteiger partial charge is 0.492 e. The van der Waals surface area contributed by atoms with Gasteiger partial charge in [-0.05, 0) is 185 Å². The van der Waals surface area contributed by atoms with E-state index in [1.54, 1.807) is 28.4 Å². The minimum atomic E-state index is 0.561. The molecule has 0 unspecified atom stereocenters. The van der Waals surface area contributed by atoms with Crippen molar-refractivity contribution in [1.29, 1.82) is 0 Å². The number of benzene rings is 1. The summed E-state index contributed by atoms with van der Waals surface area (Å²) in [5.41, 5.74) is 15.4. The molecule has 336 valence electrons. The average molecular weight is 825 g/mol. The molecule has 1 aromatic carbocycles. The number of rotatable bonds is 30. The molecule has 4 heteroatoms. The fourth-order valence-electron chi connectivity index (χ4n) is 7.40. The number of ether oxygens (including phenoxy) is 4. The van der Waals surface area contributed by atoms with Gasteiger partial charge >= 0.3 is 0 Å². The fourth-order valence-corrected chi connectivity index (χ4v) is 7.40. The molecule has 0 aromatic heterocycles. The lowest BCUT2D eigenvalue weighted by atomic mass is 9.99. The van der Waals surface area contributed by atoms with E-state index in [0.29, 0.717) is 23.0 Å². The third-order valence-electron chi connectivity index (χ3n) is 11.5. The average Bonchev–Trinajstić information content (AvgIpc) is 3.19. The Labute approximate surface area is 370 Å². The van der Waals surface area contributed by atoms with Crippen molar-refractivity contribution in [2.75, 3.05) is 28.4 Å². The van der Waals surface area contributed by atoms with Crippen LogP contribution in [-0.2, 0) is 6.42 Å². The summed E-state index contributed by atoms with van der Waals surface area (Å²) in [6.07, 6.45) is 40.7. The van der Waals surface area contributed by atoms with Crippen molar-refractivity contribution in [2.24, 2.45) is 0 Å². The smallest absolute Gasteiger partial charge is 0.207 e. The predicted molar refractivity (Wildman–Crippen MR) is 264 cm³/mol. The molecule has 0 bridgehead atoms. The van der Waals surface area contributed by atoms with Crippen molar-refractivity contribution >= 4 is 0 Å². The molecule has 0 amide bonds. The molecule has 0 atom stereocenters. The van der Waals surface area contributed by atoms with Gasteiger partial charge in [-0.25, -0.2) is 0 Å². The molecule has 0 saturated carbocycles. The Morgan fingerprint density at radius 2 is 0.550 bits per heavy atom. The molecule has 0 spiro atoms. The molecule has 0 saturated heterocycles. The van der Waals surface area contributed by atoms with Gasteiger partial charge in [0.15, 0.2) is 11.5 Å². The van der Waals surface area contributed by atoms with Crippen LogP contribution in [0.5, 0.6) is 23.0 Å². The second-order valence-corrected chi connectivity index (χ2v) is 17.4. The molecule has 1 rings (SSSR count). The van der Waals surface area contributed by atoms with E-state index in [1.807, 2.05) is 6.92 Å². The maximum atomic E-state index is 5.77. The Morgan fingerprint density at radius 1 is 0.317 bits per heavy atom. The molecule has 0 aliphatic rings. The highest BCUT2D eigenvalue weighted by Crippen LogP contribution is 2.49. The zero-order chi connectivity index (χ0) is 44.9. The van der Waals surface area contributed by atoms with Crippen LogP contribution in [0.4, 0.5) is 0 Å². The van der Waals surface area contributed by atoms with Crippen LogP contribution < -0.4 is 18.9 Å². The monoisotopic (exact) mass is 825 g/mol. The second kappa shape index (κ2) is 31.9. The molecule has 4 nitrogen and oxygen atoms in total. The van der Waals surface area contributed by atoms with E-state index >= 15 is 0 Å². The molecule has 0 radical (unpaired) electrons. The van der Waals surface area contributed by atoms with Crippen LogP contribution in [0.25, 0.3) is 0 Å². The Bertz CT molecular complexity index is 1710. The summed E-state index contributed by atoms with van der Waals surface area (Å²) in [5, 5.41) is 0. The molecule has 0 aliphatic heterocycles. The third kappa shape index (κ3) is 23.2.